The van der Waals surface area contributed by atoms with Crippen molar-refractivity contribution in [3.63, 3.8) is 0 Å². The van der Waals surface area contributed by atoms with Crippen LogP contribution in [0.1, 0.15) is 23.6 Å². The number of amides is 3. The summed E-state index contributed by atoms with van der Waals surface area (Å²) in [7, 11) is 0. The molecule has 0 spiro atoms. The first-order chi connectivity index (χ1) is 11.0. The summed E-state index contributed by atoms with van der Waals surface area (Å²) in [5.74, 6) is -1.69. The molecule has 1 heterocycles. The molecule has 0 aliphatic carbocycles. The second-order valence-electron chi connectivity index (χ2n) is 4.97. The Balaban J connectivity index is 1.96. The normalized spacial score (nSPS) is 17.7. The van der Waals surface area contributed by atoms with Crippen LogP contribution in [0.4, 0.5) is 23.7 Å². The van der Waals surface area contributed by atoms with E-state index in [2.05, 4.69) is 5.32 Å². The minimum atomic E-state index is -3.04. The minimum Gasteiger partial charge on any atom is -0.321 e. The Morgan fingerprint density at radius 2 is 1.74 bits per heavy atom. The maximum absolute atomic E-state index is 13.4. The molecular weight excluding hydrogens is 309 g/mol. The van der Waals surface area contributed by atoms with E-state index < -0.39 is 35.8 Å². The van der Waals surface area contributed by atoms with Gasteiger partial charge in [0.1, 0.15) is 11.9 Å². The molecule has 1 atom stereocenters. The summed E-state index contributed by atoms with van der Waals surface area (Å²) in [6.07, 6.45) is -3.04. The molecule has 1 aliphatic rings. The number of hydrogen-bond acceptors (Lipinski definition) is 2. The number of urea groups is 1. The van der Waals surface area contributed by atoms with Gasteiger partial charge in [-0.15, -0.1) is 0 Å². The first kappa shape index (κ1) is 15.1. The summed E-state index contributed by atoms with van der Waals surface area (Å²) in [6, 6.07) is 9.62. The number of benzene rings is 2. The molecule has 0 radical (unpaired) electrons. The van der Waals surface area contributed by atoms with E-state index in [1.165, 1.54) is 0 Å². The summed E-state index contributed by atoms with van der Waals surface area (Å²) in [6.45, 7) is 0. The van der Waals surface area contributed by atoms with Gasteiger partial charge in [-0.25, -0.2) is 22.9 Å². The van der Waals surface area contributed by atoms with Gasteiger partial charge < -0.3 is 5.32 Å². The SMILES string of the molecule is O=C1N[C@H](c2ccccc2)C(=O)N1c1ccc(F)c(C(F)F)c1. The van der Waals surface area contributed by atoms with Crippen LogP contribution < -0.4 is 10.2 Å². The van der Waals surface area contributed by atoms with Crippen molar-refractivity contribution in [2.75, 3.05) is 4.90 Å². The van der Waals surface area contributed by atoms with Gasteiger partial charge in [0.2, 0.25) is 0 Å². The molecule has 1 N–H and O–H groups in total. The lowest BCUT2D eigenvalue weighted by Crippen LogP contribution is -2.30. The Hall–Kier alpha value is -2.83. The predicted molar refractivity (Wildman–Crippen MR) is 76.6 cm³/mol. The highest BCUT2D eigenvalue weighted by molar-refractivity contribution is 6.21. The van der Waals surface area contributed by atoms with E-state index in [1.807, 2.05) is 0 Å². The zero-order valence-electron chi connectivity index (χ0n) is 11.7. The maximum atomic E-state index is 13.4. The Labute approximate surface area is 129 Å². The second-order valence-corrected chi connectivity index (χ2v) is 4.97. The molecule has 2 aromatic carbocycles. The fourth-order valence-corrected chi connectivity index (χ4v) is 2.43. The van der Waals surface area contributed by atoms with Crippen molar-refractivity contribution in [1.82, 2.24) is 5.32 Å². The van der Waals surface area contributed by atoms with E-state index in [0.29, 0.717) is 5.56 Å². The first-order valence-electron chi connectivity index (χ1n) is 6.76. The highest BCUT2D eigenvalue weighted by Gasteiger charge is 2.40. The quantitative estimate of drug-likeness (QED) is 0.879. The van der Waals surface area contributed by atoms with Gasteiger partial charge in [0.15, 0.2) is 0 Å². The summed E-state index contributed by atoms with van der Waals surface area (Å²) in [4.78, 5) is 25.2. The van der Waals surface area contributed by atoms with Gasteiger partial charge in [0, 0.05) is 0 Å². The largest absolute Gasteiger partial charge is 0.329 e. The van der Waals surface area contributed by atoms with Gasteiger partial charge in [-0.3, -0.25) is 4.79 Å². The average molecular weight is 320 g/mol. The van der Waals surface area contributed by atoms with Gasteiger partial charge in [0.25, 0.3) is 12.3 Å². The number of rotatable bonds is 3. The third kappa shape index (κ3) is 2.65. The van der Waals surface area contributed by atoms with Crippen LogP contribution in [0, 0.1) is 5.82 Å². The van der Waals surface area contributed by atoms with Crippen molar-refractivity contribution in [2.45, 2.75) is 12.5 Å². The summed E-state index contributed by atoms with van der Waals surface area (Å²) >= 11 is 0. The van der Waals surface area contributed by atoms with E-state index in [9.17, 15) is 22.8 Å². The predicted octanol–water partition coefficient (Wildman–Crippen LogP) is 3.56. The molecular formula is C16H11F3N2O2. The molecule has 23 heavy (non-hydrogen) atoms. The van der Waals surface area contributed by atoms with Crippen LogP contribution in [-0.4, -0.2) is 11.9 Å². The molecule has 0 saturated carbocycles. The zero-order chi connectivity index (χ0) is 16.6. The molecule has 118 valence electrons. The average Bonchev–Trinajstić information content (AvgIpc) is 2.83. The van der Waals surface area contributed by atoms with E-state index >= 15 is 0 Å². The lowest BCUT2D eigenvalue weighted by molar-refractivity contribution is -0.118. The fraction of sp³-hybridized carbons (Fsp3) is 0.125. The number of nitrogens with one attached hydrogen (secondary N) is 1. The lowest BCUT2D eigenvalue weighted by Gasteiger charge is -2.14. The van der Waals surface area contributed by atoms with Gasteiger partial charge >= 0.3 is 6.03 Å². The molecule has 0 bridgehead atoms. The van der Waals surface area contributed by atoms with Crippen molar-refractivity contribution in [3.05, 3.63) is 65.5 Å². The van der Waals surface area contributed by atoms with Crippen LogP contribution in [0.2, 0.25) is 0 Å². The van der Waals surface area contributed by atoms with Gasteiger partial charge in [-0.05, 0) is 23.8 Å². The number of imide groups is 1. The molecule has 3 amide bonds. The van der Waals surface area contributed by atoms with Crippen molar-refractivity contribution in [3.8, 4) is 0 Å². The third-order valence-corrected chi connectivity index (χ3v) is 3.54. The molecule has 3 rings (SSSR count). The Kier molecular flexibility index (Phi) is 3.77. The number of anilines is 1. The number of carbonyl (C=O) groups is 2. The molecule has 0 aromatic heterocycles. The highest BCUT2D eigenvalue weighted by atomic mass is 19.3. The van der Waals surface area contributed by atoms with Crippen LogP contribution in [-0.2, 0) is 4.79 Å². The van der Waals surface area contributed by atoms with Crippen molar-refractivity contribution in [2.24, 2.45) is 0 Å². The molecule has 2 aromatic rings. The summed E-state index contributed by atoms with van der Waals surface area (Å²) < 4.78 is 38.9. The molecule has 1 aliphatic heterocycles. The number of carbonyl (C=O) groups excluding carboxylic acids is 2. The van der Waals surface area contributed by atoms with Crippen LogP contribution in [0.15, 0.2) is 48.5 Å². The topological polar surface area (TPSA) is 49.4 Å². The number of alkyl halides is 2. The zero-order valence-corrected chi connectivity index (χ0v) is 11.7. The number of hydrogen-bond donors (Lipinski definition) is 1. The molecule has 7 heteroatoms. The van der Waals surface area contributed by atoms with E-state index in [1.54, 1.807) is 30.3 Å². The Morgan fingerprint density at radius 1 is 1.04 bits per heavy atom. The summed E-state index contributed by atoms with van der Waals surface area (Å²) in [5.41, 5.74) is -0.376. The molecule has 0 unspecified atom stereocenters. The van der Waals surface area contributed by atoms with Crippen LogP contribution >= 0.6 is 0 Å². The van der Waals surface area contributed by atoms with Crippen molar-refractivity contribution >= 4 is 17.6 Å². The van der Waals surface area contributed by atoms with Crippen molar-refractivity contribution in [1.29, 1.82) is 0 Å². The van der Waals surface area contributed by atoms with E-state index in [-0.39, 0.29) is 5.69 Å². The number of nitrogens with zero attached hydrogens (tertiary/aromatic N) is 1. The van der Waals surface area contributed by atoms with Crippen LogP contribution in [0.5, 0.6) is 0 Å². The van der Waals surface area contributed by atoms with Gasteiger partial charge in [-0.1, -0.05) is 30.3 Å². The molecule has 4 nitrogen and oxygen atoms in total. The smallest absolute Gasteiger partial charge is 0.321 e. The lowest BCUT2D eigenvalue weighted by atomic mass is 10.1. The van der Waals surface area contributed by atoms with Gasteiger partial charge in [0.05, 0.1) is 11.3 Å². The number of halogens is 3. The second kappa shape index (κ2) is 5.75. The van der Waals surface area contributed by atoms with Gasteiger partial charge in [-0.2, -0.15) is 0 Å². The fourth-order valence-electron chi connectivity index (χ4n) is 2.43. The minimum absolute atomic E-state index is 0.0948. The first-order valence-corrected chi connectivity index (χ1v) is 6.76. The van der Waals surface area contributed by atoms with Crippen molar-refractivity contribution < 1.29 is 22.8 Å². The van der Waals surface area contributed by atoms with Crippen LogP contribution in [0.25, 0.3) is 0 Å². The molecule has 1 saturated heterocycles. The van der Waals surface area contributed by atoms with Crippen LogP contribution in [0.3, 0.4) is 0 Å². The third-order valence-electron chi connectivity index (χ3n) is 3.54. The Morgan fingerprint density at radius 3 is 2.39 bits per heavy atom. The summed E-state index contributed by atoms with van der Waals surface area (Å²) in [5, 5.41) is 2.49. The van der Waals surface area contributed by atoms with E-state index in [0.717, 1.165) is 23.1 Å². The maximum Gasteiger partial charge on any atom is 0.329 e. The van der Waals surface area contributed by atoms with E-state index in [4.69, 9.17) is 0 Å². The molecule has 1 fully saturated rings. The highest BCUT2D eigenvalue weighted by Crippen LogP contribution is 2.31. The Bertz CT molecular complexity index is 765. The standard InChI is InChI=1S/C16H11F3N2O2/c17-12-7-6-10(8-11(12)14(18)19)21-15(22)13(20-16(21)23)9-4-2-1-3-5-9/h1-8,13-14H,(H,20,23)/t13-/m1/s1. The monoisotopic (exact) mass is 320 g/mol.